The number of rotatable bonds is 9. The third kappa shape index (κ3) is 6.86. The van der Waals surface area contributed by atoms with E-state index < -0.39 is 10.8 Å². The van der Waals surface area contributed by atoms with Crippen LogP contribution in [0, 0.1) is 0 Å². The molecule has 2 rings (SSSR count). The summed E-state index contributed by atoms with van der Waals surface area (Å²) in [5.41, 5.74) is 1.79. The van der Waals surface area contributed by atoms with Crippen molar-refractivity contribution in [1.82, 2.24) is 4.98 Å². The highest BCUT2D eigenvalue weighted by Gasteiger charge is 2.13. The minimum absolute atomic E-state index is 0.105. The average molecular weight is 392 g/mol. The molecule has 0 aliphatic heterocycles. The number of ether oxygens (including phenoxy) is 2. The molecule has 0 aliphatic carbocycles. The van der Waals surface area contributed by atoms with Crippen molar-refractivity contribution in [3.63, 3.8) is 0 Å². The van der Waals surface area contributed by atoms with E-state index in [4.69, 9.17) is 9.47 Å². The Morgan fingerprint density at radius 2 is 1.78 bits per heavy atom. The van der Waals surface area contributed by atoms with Crippen LogP contribution in [0.1, 0.15) is 45.4 Å². The number of hydrogen-bond acceptors (Lipinski definition) is 4. The fourth-order valence-electron chi connectivity index (χ4n) is 2.46. The van der Waals surface area contributed by atoms with E-state index in [0.29, 0.717) is 30.4 Å². The zero-order chi connectivity index (χ0) is 19.9. The summed E-state index contributed by atoms with van der Waals surface area (Å²) in [5, 5.41) is 0. The van der Waals surface area contributed by atoms with E-state index in [1.165, 1.54) is 17.8 Å². The van der Waals surface area contributed by atoms with Crippen LogP contribution in [0.2, 0.25) is 0 Å². The van der Waals surface area contributed by atoms with E-state index >= 15 is 0 Å². The summed E-state index contributed by atoms with van der Waals surface area (Å²) in [6.07, 6.45) is 2.38. The molecule has 0 saturated carbocycles. The molecule has 0 radical (unpaired) electrons. The highest BCUT2D eigenvalue weighted by Crippen LogP contribution is 2.24. The van der Waals surface area contributed by atoms with Crippen molar-refractivity contribution in [3.8, 4) is 11.5 Å². The highest BCUT2D eigenvalue weighted by atomic mass is 32.2. The second-order valence-corrected chi connectivity index (χ2v) is 9.02. The molecule has 1 aromatic heterocycles. The lowest BCUT2D eigenvalue weighted by molar-refractivity contribution is 0.313. The molecule has 0 saturated heterocycles. The summed E-state index contributed by atoms with van der Waals surface area (Å²) < 4.78 is 23.3. The quantitative estimate of drug-likeness (QED) is 0.706. The Bertz CT molecular complexity index is 806. The van der Waals surface area contributed by atoms with Crippen molar-refractivity contribution in [2.24, 2.45) is 0 Å². The molecule has 0 aliphatic rings. The first-order chi connectivity index (χ1) is 12.8. The van der Waals surface area contributed by atoms with Crippen LogP contribution in [0.4, 0.5) is 0 Å². The first-order valence-electron chi connectivity index (χ1n) is 9.22. The second kappa shape index (κ2) is 9.74. The lowest BCUT2D eigenvalue weighted by Gasteiger charge is -2.19. The third-order valence-electron chi connectivity index (χ3n) is 4.02. The molecule has 5 nitrogen and oxygen atoms in total. The van der Waals surface area contributed by atoms with E-state index in [1.54, 1.807) is 0 Å². The summed E-state index contributed by atoms with van der Waals surface area (Å²) in [7, 11) is -1.12. The normalized spacial score (nSPS) is 12.6. The van der Waals surface area contributed by atoms with Gasteiger partial charge in [-0.25, -0.2) is 0 Å². The zero-order valence-corrected chi connectivity index (χ0v) is 17.4. The van der Waals surface area contributed by atoms with Crippen LogP contribution in [-0.2, 0) is 22.0 Å². The van der Waals surface area contributed by atoms with Crippen molar-refractivity contribution in [2.45, 2.75) is 45.3 Å². The van der Waals surface area contributed by atoms with Crippen LogP contribution < -0.4 is 14.9 Å². The summed E-state index contributed by atoms with van der Waals surface area (Å²) >= 11 is 0. The van der Waals surface area contributed by atoms with Gasteiger partial charge in [-0.05, 0) is 29.5 Å². The maximum absolute atomic E-state index is 12.2. The third-order valence-corrected chi connectivity index (χ3v) is 5.27. The number of H-pyrrole nitrogens is 1. The van der Waals surface area contributed by atoms with Gasteiger partial charge in [-0.3, -0.25) is 9.00 Å². The standard InChI is InChI=1S/C21H29NO4S/c1-5-10-26-20-14-22-17(13-19(20)23)15-27(24)12-11-25-18-8-6-16(7-9-18)21(2,3)4/h6-9,13-14H,5,10-12,15H2,1-4H3,(H,22,23). The molecule has 1 N–H and O–H groups in total. The van der Waals surface area contributed by atoms with E-state index in [0.717, 1.165) is 12.2 Å². The van der Waals surface area contributed by atoms with Crippen LogP contribution in [-0.4, -0.2) is 28.2 Å². The van der Waals surface area contributed by atoms with Crippen molar-refractivity contribution in [2.75, 3.05) is 19.0 Å². The molecular weight excluding hydrogens is 362 g/mol. The molecule has 0 bridgehead atoms. The van der Waals surface area contributed by atoms with E-state index in [9.17, 15) is 9.00 Å². The lowest BCUT2D eigenvalue weighted by Crippen LogP contribution is -2.14. The van der Waals surface area contributed by atoms with Gasteiger partial charge in [-0.1, -0.05) is 39.8 Å². The number of pyridine rings is 1. The fourth-order valence-corrected chi connectivity index (χ4v) is 3.38. The van der Waals surface area contributed by atoms with Crippen molar-refractivity contribution in [3.05, 3.63) is 58.0 Å². The Kier molecular flexibility index (Phi) is 7.66. The maximum Gasteiger partial charge on any atom is 0.223 e. The molecule has 148 valence electrons. The zero-order valence-electron chi connectivity index (χ0n) is 16.5. The van der Waals surface area contributed by atoms with Crippen LogP contribution in [0.5, 0.6) is 11.5 Å². The summed E-state index contributed by atoms with van der Waals surface area (Å²) in [5.74, 6) is 1.76. The Morgan fingerprint density at radius 1 is 1.07 bits per heavy atom. The van der Waals surface area contributed by atoms with Gasteiger partial charge >= 0.3 is 0 Å². The van der Waals surface area contributed by atoms with Crippen LogP contribution in [0.25, 0.3) is 0 Å². The number of hydrogen-bond donors (Lipinski definition) is 1. The van der Waals surface area contributed by atoms with E-state index in [1.807, 2.05) is 19.1 Å². The van der Waals surface area contributed by atoms with Gasteiger partial charge in [0.05, 0.1) is 24.7 Å². The Balaban J connectivity index is 1.81. The summed E-state index contributed by atoms with van der Waals surface area (Å²) in [4.78, 5) is 14.9. The van der Waals surface area contributed by atoms with Crippen molar-refractivity contribution < 1.29 is 13.7 Å². The molecule has 6 heteroatoms. The summed E-state index contributed by atoms with van der Waals surface area (Å²) in [6, 6.07) is 9.44. The molecular formula is C21H29NO4S. The molecule has 1 atom stereocenters. The molecule has 1 unspecified atom stereocenters. The number of nitrogens with one attached hydrogen (secondary N) is 1. The predicted molar refractivity (Wildman–Crippen MR) is 110 cm³/mol. The monoisotopic (exact) mass is 391 g/mol. The van der Waals surface area contributed by atoms with Gasteiger partial charge in [0.2, 0.25) is 5.43 Å². The fraction of sp³-hybridized carbons (Fsp3) is 0.476. The first kappa shape index (κ1) is 21.2. The highest BCUT2D eigenvalue weighted by molar-refractivity contribution is 7.84. The Hall–Kier alpha value is -2.08. The lowest BCUT2D eigenvalue weighted by atomic mass is 9.87. The van der Waals surface area contributed by atoms with Gasteiger partial charge in [-0.15, -0.1) is 0 Å². The number of aromatic amines is 1. The van der Waals surface area contributed by atoms with Gasteiger partial charge in [-0.2, -0.15) is 0 Å². The minimum atomic E-state index is -1.12. The molecule has 27 heavy (non-hydrogen) atoms. The minimum Gasteiger partial charge on any atom is -0.493 e. The van der Waals surface area contributed by atoms with E-state index in [2.05, 4.69) is 37.9 Å². The molecule has 2 aromatic rings. The largest absolute Gasteiger partial charge is 0.493 e. The van der Waals surface area contributed by atoms with Crippen molar-refractivity contribution in [1.29, 1.82) is 0 Å². The smallest absolute Gasteiger partial charge is 0.223 e. The van der Waals surface area contributed by atoms with Gasteiger partial charge in [0, 0.05) is 28.8 Å². The van der Waals surface area contributed by atoms with Crippen LogP contribution in [0.15, 0.2) is 41.3 Å². The SMILES string of the molecule is CCCOc1c[nH]c(CS(=O)CCOc2ccc(C(C)(C)C)cc2)cc1=O. The Labute approximate surface area is 163 Å². The molecule has 1 heterocycles. The average Bonchev–Trinajstić information content (AvgIpc) is 2.61. The Morgan fingerprint density at radius 3 is 2.37 bits per heavy atom. The summed E-state index contributed by atoms with van der Waals surface area (Å²) in [6.45, 7) is 9.34. The topological polar surface area (TPSA) is 68.4 Å². The molecule has 1 aromatic carbocycles. The van der Waals surface area contributed by atoms with Gasteiger partial charge < -0.3 is 14.5 Å². The molecule has 0 amide bonds. The van der Waals surface area contributed by atoms with Gasteiger partial charge in [0.15, 0.2) is 5.75 Å². The van der Waals surface area contributed by atoms with Crippen LogP contribution in [0.3, 0.4) is 0 Å². The van der Waals surface area contributed by atoms with Gasteiger partial charge in [0.25, 0.3) is 0 Å². The first-order valence-corrected chi connectivity index (χ1v) is 10.7. The molecule has 0 spiro atoms. The van der Waals surface area contributed by atoms with E-state index in [-0.39, 0.29) is 16.6 Å². The number of aromatic nitrogens is 1. The van der Waals surface area contributed by atoms with Gasteiger partial charge in [0.1, 0.15) is 5.75 Å². The van der Waals surface area contributed by atoms with Crippen molar-refractivity contribution >= 4 is 10.8 Å². The molecule has 0 fully saturated rings. The predicted octanol–water partition coefficient (Wildman–Crippen LogP) is 3.79. The number of benzene rings is 1. The van der Waals surface area contributed by atoms with Crippen LogP contribution >= 0.6 is 0 Å². The maximum atomic E-state index is 12.2. The second-order valence-electron chi connectivity index (χ2n) is 7.45.